The Morgan fingerprint density at radius 3 is 1.87 bits per heavy atom. The Labute approximate surface area is 95.5 Å². The lowest BCUT2D eigenvalue weighted by atomic mass is 10.1. The molecule has 0 aromatic carbocycles. The van der Waals surface area contributed by atoms with Gasteiger partial charge in [0.1, 0.15) is 0 Å². The molecule has 0 amide bonds. The second kappa shape index (κ2) is 8.63. The second-order valence-electron chi connectivity index (χ2n) is 4.25. The fraction of sp³-hybridized carbons (Fsp3) is 0.846. The molecule has 0 fully saturated rings. The molecule has 15 heavy (non-hydrogen) atoms. The first-order chi connectivity index (χ1) is 7.17. The maximum Gasteiger partial charge on any atom is 0.0325 e. The van der Waals surface area contributed by atoms with Gasteiger partial charge >= 0.3 is 0 Å². The molecule has 0 heterocycles. The Kier molecular flexibility index (Phi) is 8.25. The summed E-state index contributed by atoms with van der Waals surface area (Å²) < 4.78 is 0. The van der Waals surface area contributed by atoms with Gasteiger partial charge in [0.05, 0.1) is 0 Å². The van der Waals surface area contributed by atoms with Crippen molar-refractivity contribution < 1.29 is 0 Å². The van der Waals surface area contributed by atoms with Crippen LogP contribution in [0.4, 0.5) is 0 Å². The molecule has 0 aromatic heterocycles. The van der Waals surface area contributed by atoms with Crippen molar-refractivity contribution in [1.29, 1.82) is 0 Å². The largest absolute Gasteiger partial charge is 0.387 e. The van der Waals surface area contributed by atoms with Crippen molar-refractivity contribution in [2.24, 2.45) is 5.92 Å². The van der Waals surface area contributed by atoms with Crippen LogP contribution in [0.2, 0.25) is 0 Å². The van der Waals surface area contributed by atoms with Gasteiger partial charge in [-0.1, -0.05) is 34.6 Å². The standard InChI is InChI=1S/C13H28N2/c1-6-9-14-12(8-3)13(11(4)5)15-10-7-2/h11,14-15H,6-10H2,1-5H3. The average molecular weight is 212 g/mol. The Morgan fingerprint density at radius 1 is 0.933 bits per heavy atom. The van der Waals surface area contributed by atoms with Crippen LogP contribution in [0.5, 0.6) is 0 Å². The minimum atomic E-state index is 0.579. The van der Waals surface area contributed by atoms with E-state index in [1.165, 1.54) is 24.2 Å². The molecular formula is C13H28N2. The van der Waals surface area contributed by atoms with Crippen LogP contribution in [0.3, 0.4) is 0 Å². The lowest BCUT2D eigenvalue weighted by Gasteiger charge is -2.20. The summed E-state index contributed by atoms with van der Waals surface area (Å²) in [6.45, 7) is 13.3. The number of rotatable bonds is 8. The number of hydrogen-bond donors (Lipinski definition) is 2. The van der Waals surface area contributed by atoms with E-state index in [4.69, 9.17) is 0 Å². The minimum Gasteiger partial charge on any atom is -0.387 e. The monoisotopic (exact) mass is 212 g/mol. The third-order valence-corrected chi connectivity index (χ3v) is 2.41. The highest BCUT2D eigenvalue weighted by Gasteiger charge is 2.08. The van der Waals surface area contributed by atoms with Crippen molar-refractivity contribution >= 4 is 0 Å². The van der Waals surface area contributed by atoms with E-state index in [2.05, 4.69) is 45.3 Å². The topological polar surface area (TPSA) is 24.1 Å². The summed E-state index contributed by atoms with van der Waals surface area (Å²) in [7, 11) is 0. The van der Waals surface area contributed by atoms with E-state index in [0.717, 1.165) is 19.5 Å². The highest BCUT2D eigenvalue weighted by Crippen LogP contribution is 2.12. The van der Waals surface area contributed by atoms with Crippen molar-refractivity contribution in [3.05, 3.63) is 11.4 Å². The summed E-state index contributed by atoms with van der Waals surface area (Å²) in [6.07, 6.45) is 3.45. The average Bonchev–Trinajstić information content (AvgIpc) is 2.22. The molecule has 0 radical (unpaired) electrons. The molecule has 0 aromatic rings. The van der Waals surface area contributed by atoms with Crippen molar-refractivity contribution in [3.8, 4) is 0 Å². The maximum atomic E-state index is 3.55. The summed E-state index contributed by atoms with van der Waals surface area (Å²) in [5.41, 5.74) is 2.79. The molecule has 90 valence electrons. The van der Waals surface area contributed by atoms with Gasteiger partial charge in [0, 0.05) is 24.5 Å². The first-order valence-corrected chi connectivity index (χ1v) is 6.38. The molecule has 0 saturated heterocycles. The molecule has 0 aliphatic carbocycles. The molecule has 0 bridgehead atoms. The van der Waals surface area contributed by atoms with Gasteiger partial charge in [-0.05, 0) is 25.2 Å². The molecule has 0 saturated carbocycles. The van der Waals surface area contributed by atoms with Crippen LogP contribution >= 0.6 is 0 Å². The zero-order chi connectivity index (χ0) is 11.7. The molecule has 0 atom stereocenters. The summed E-state index contributed by atoms with van der Waals surface area (Å²) in [4.78, 5) is 0. The highest BCUT2D eigenvalue weighted by atomic mass is 15.0. The molecule has 2 heteroatoms. The first kappa shape index (κ1) is 14.3. The predicted molar refractivity (Wildman–Crippen MR) is 68.7 cm³/mol. The van der Waals surface area contributed by atoms with E-state index in [-0.39, 0.29) is 0 Å². The Morgan fingerprint density at radius 2 is 1.47 bits per heavy atom. The number of nitrogens with one attached hydrogen (secondary N) is 2. The zero-order valence-corrected chi connectivity index (χ0v) is 11.1. The van der Waals surface area contributed by atoms with Gasteiger partial charge in [0.25, 0.3) is 0 Å². The smallest absolute Gasteiger partial charge is 0.0325 e. The molecule has 0 unspecified atom stereocenters. The Bertz CT molecular complexity index is 183. The van der Waals surface area contributed by atoms with Crippen LogP contribution in [0.1, 0.15) is 53.9 Å². The van der Waals surface area contributed by atoms with Crippen molar-refractivity contribution in [1.82, 2.24) is 10.6 Å². The molecule has 2 nitrogen and oxygen atoms in total. The summed E-state index contributed by atoms with van der Waals surface area (Å²) >= 11 is 0. The third-order valence-electron chi connectivity index (χ3n) is 2.41. The summed E-state index contributed by atoms with van der Waals surface area (Å²) in [5.74, 6) is 0.579. The van der Waals surface area contributed by atoms with E-state index in [0.29, 0.717) is 5.92 Å². The first-order valence-electron chi connectivity index (χ1n) is 6.38. The van der Waals surface area contributed by atoms with Crippen LogP contribution < -0.4 is 10.6 Å². The molecular weight excluding hydrogens is 184 g/mol. The predicted octanol–water partition coefficient (Wildman–Crippen LogP) is 3.26. The van der Waals surface area contributed by atoms with Gasteiger partial charge in [0.15, 0.2) is 0 Å². The fourth-order valence-electron chi connectivity index (χ4n) is 1.61. The molecule has 2 N–H and O–H groups in total. The van der Waals surface area contributed by atoms with Gasteiger partial charge in [0.2, 0.25) is 0 Å². The number of hydrogen-bond acceptors (Lipinski definition) is 2. The van der Waals surface area contributed by atoms with Crippen LogP contribution in [-0.2, 0) is 0 Å². The lowest BCUT2D eigenvalue weighted by Crippen LogP contribution is -2.26. The van der Waals surface area contributed by atoms with Gasteiger partial charge in [-0.3, -0.25) is 0 Å². The fourth-order valence-corrected chi connectivity index (χ4v) is 1.61. The van der Waals surface area contributed by atoms with Crippen molar-refractivity contribution in [2.45, 2.75) is 53.9 Å². The third kappa shape index (κ3) is 5.71. The SMILES string of the molecule is CCCNC(CC)=C(NCCC)C(C)C. The second-order valence-corrected chi connectivity index (χ2v) is 4.25. The molecule has 0 rings (SSSR count). The van der Waals surface area contributed by atoms with E-state index in [1.807, 2.05) is 0 Å². The molecule has 0 aliphatic heterocycles. The van der Waals surface area contributed by atoms with Crippen LogP contribution in [0, 0.1) is 5.92 Å². The van der Waals surface area contributed by atoms with Crippen LogP contribution in [-0.4, -0.2) is 13.1 Å². The van der Waals surface area contributed by atoms with Crippen molar-refractivity contribution in [3.63, 3.8) is 0 Å². The van der Waals surface area contributed by atoms with E-state index in [1.54, 1.807) is 0 Å². The maximum absolute atomic E-state index is 3.55. The molecule has 0 aliphatic rings. The summed E-state index contributed by atoms with van der Waals surface area (Å²) in [5, 5.41) is 7.07. The van der Waals surface area contributed by atoms with Gasteiger partial charge in [-0.15, -0.1) is 0 Å². The highest BCUT2D eigenvalue weighted by molar-refractivity contribution is 5.12. The van der Waals surface area contributed by atoms with Crippen LogP contribution in [0.15, 0.2) is 11.4 Å². The van der Waals surface area contributed by atoms with Crippen LogP contribution in [0.25, 0.3) is 0 Å². The molecule has 0 spiro atoms. The normalized spacial score (nSPS) is 12.7. The summed E-state index contributed by atoms with van der Waals surface area (Å²) in [6, 6.07) is 0. The van der Waals surface area contributed by atoms with E-state index in [9.17, 15) is 0 Å². The quantitative estimate of drug-likeness (QED) is 0.645. The van der Waals surface area contributed by atoms with Gasteiger partial charge in [-0.2, -0.15) is 0 Å². The Balaban J connectivity index is 4.51. The van der Waals surface area contributed by atoms with E-state index >= 15 is 0 Å². The zero-order valence-electron chi connectivity index (χ0n) is 11.1. The van der Waals surface area contributed by atoms with Crippen molar-refractivity contribution in [2.75, 3.05) is 13.1 Å². The minimum absolute atomic E-state index is 0.579. The van der Waals surface area contributed by atoms with Gasteiger partial charge in [-0.25, -0.2) is 0 Å². The van der Waals surface area contributed by atoms with E-state index < -0.39 is 0 Å². The Hall–Kier alpha value is -0.660. The number of allylic oxidation sites excluding steroid dienone is 2. The van der Waals surface area contributed by atoms with Gasteiger partial charge < -0.3 is 10.6 Å². The lowest BCUT2D eigenvalue weighted by molar-refractivity contribution is 0.602.